The standard InChI is InChI=1S/C17H25NO3/c1-3-5-6-7-13-21-17(20)14-9-11-15(12-10-14)18-16(19)8-4-2/h9-12H,3-8,13H2,1-2H3,(H,18,19). The van der Waals surface area contributed by atoms with E-state index in [0.29, 0.717) is 24.3 Å². The Morgan fingerprint density at radius 3 is 2.33 bits per heavy atom. The monoisotopic (exact) mass is 291 g/mol. The summed E-state index contributed by atoms with van der Waals surface area (Å²) in [6, 6.07) is 6.80. The van der Waals surface area contributed by atoms with Crippen molar-refractivity contribution >= 4 is 17.6 Å². The molecule has 0 aliphatic heterocycles. The molecule has 1 rings (SSSR count). The van der Waals surface area contributed by atoms with E-state index in [1.54, 1.807) is 24.3 Å². The molecule has 0 unspecified atom stereocenters. The predicted molar refractivity (Wildman–Crippen MR) is 84.4 cm³/mol. The van der Waals surface area contributed by atoms with Gasteiger partial charge in [0.15, 0.2) is 0 Å². The molecular weight excluding hydrogens is 266 g/mol. The van der Waals surface area contributed by atoms with Gasteiger partial charge >= 0.3 is 5.97 Å². The minimum Gasteiger partial charge on any atom is -0.462 e. The fourth-order valence-electron chi connectivity index (χ4n) is 1.92. The predicted octanol–water partition coefficient (Wildman–Crippen LogP) is 4.16. The van der Waals surface area contributed by atoms with Gasteiger partial charge in [-0.05, 0) is 37.1 Å². The molecule has 0 aromatic heterocycles. The SMILES string of the molecule is CCCCCCOC(=O)c1ccc(NC(=O)CCC)cc1. The average molecular weight is 291 g/mol. The Morgan fingerprint density at radius 2 is 1.71 bits per heavy atom. The fraction of sp³-hybridized carbons (Fsp3) is 0.529. The molecule has 1 aromatic carbocycles. The van der Waals surface area contributed by atoms with E-state index >= 15 is 0 Å². The van der Waals surface area contributed by atoms with Crippen LogP contribution in [-0.4, -0.2) is 18.5 Å². The van der Waals surface area contributed by atoms with E-state index in [-0.39, 0.29) is 11.9 Å². The summed E-state index contributed by atoms with van der Waals surface area (Å²) in [7, 11) is 0. The fourth-order valence-corrected chi connectivity index (χ4v) is 1.92. The van der Waals surface area contributed by atoms with Gasteiger partial charge in [0.2, 0.25) is 5.91 Å². The van der Waals surface area contributed by atoms with Crippen LogP contribution in [0, 0.1) is 0 Å². The van der Waals surface area contributed by atoms with E-state index in [4.69, 9.17) is 4.74 Å². The number of hydrogen-bond donors (Lipinski definition) is 1. The molecule has 0 spiro atoms. The normalized spacial score (nSPS) is 10.2. The molecule has 4 nitrogen and oxygen atoms in total. The molecule has 0 saturated carbocycles. The van der Waals surface area contributed by atoms with Crippen molar-refractivity contribution < 1.29 is 14.3 Å². The number of esters is 1. The van der Waals surface area contributed by atoms with Crippen LogP contribution < -0.4 is 5.32 Å². The van der Waals surface area contributed by atoms with Crippen molar-refractivity contribution in [1.82, 2.24) is 0 Å². The minimum absolute atomic E-state index is 0.0104. The van der Waals surface area contributed by atoms with Crippen molar-refractivity contribution in [2.24, 2.45) is 0 Å². The van der Waals surface area contributed by atoms with Crippen LogP contribution in [0.15, 0.2) is 24.3 Å². The lowest BCUT2D eigenvalue weighted by Gasteiger charge is -2.07. The van der Waals surface area contributed by atoms with E-state index in [0.717, 1.165) is 19.3 Å². The Balaban J connectivity index is 2.38. The summed E-state index contributed by atoms with van der Waals surface area (Å²) < 4.78 is 5.21. The molecule has 1 amide bonds. The van der Waals surface area contributed by atoms with Crippen LogP contribution in [0.4, 0.5) is 5.69 Å². The van der Waals surface area contributed by atoms with Gasteiger partial charge in [-0.15, -0.1) is 0 Å². The first-order valence-corrected chi connectivity index (χ1v) is 7.74. The maximum absolute atomic E-state index is 11.8. The number of amides is 1. The first-order chi connectivity index (χ1) is 10.2. The molecule has 1 aromatic rings. The van der Waals surface area contributed by atoms with Gasteiger partial charge < -0.3 is 10.1 Å². The third-order valence-electron chi connectivity index (χ3n) is 3.11. The summed E-state index contributed by atoms with van der Waals surface area (Å²) in [4.78, 5) is 23.3. The number of hydrogen-bond acceptors (Lipinski definition) is 3. The molecule has 0 fully saturated rings. The number of anilines is 1. The summed E-state index contributed by atoms with van der Waals surface area (Å²) in [5, 5.41) is 2.78. The molecular formula is C17H25NO3. The zero-order chi connectivity index (χ0) is 15.5. The van der Waals surface area contributed by atoms with Crippen LogP contribution in [0.5, 0.6) is 0 Å². The Labute approximate surface area is 126 Å². The van der Waals surface area contributed by atoms with E-state index in [2.05, 4.69) is 12.2 Å². The highest BCUT2D eigenvalue weighted by molar-refractivity contribution is 5.93. The van der Waals surface area contributed by atoms with Crippen molar-refractivity contribution in [2.75, 3.05) is 11.9 Å². The smallest absolute Gasteiger partial charge is 0.338 e. The van der Waals surface area contributed by atoms with E-state index < -0.39 is 0 Å². The van der Waals surface area contributed by atoms with E-state index in [1.165, 1.54) is 12.8 Å². The van der Waals surface area contributed by atoms with Crippen LogP contribution >= 0.6 is 0 Å². The van der Waals surface area contributed by atoms with Crippen molar-refractivity contribution in [3.05, 3.63) is 29.8 Å². The Kier molecular flexibility index (Phi) is 8.17. The summed E-state index contributed by atoms with van der Waals surface area (Å²) in [5.74, 6) is -0.318. The van der Waals surface area contributed by atoms with Crippen LogP contribution in [0.1, 0.15) is 62.7 Å². The molecule has 116 valence electrons. The summed E-state index contributed by atoms with van der Waals surface area (Å²) in [6.07, 6.45) is 5.65. The molecule has 0 aliphatic carbocycles. The quantitative estimate of drug-likeness (QED) is 0.549. The molecule has 0 aliphatic rings. The van der Waals surface area contributed by atoms with Crippen LogP contribution in [-0.2, 0) is 9.53 Å². The Hall–Kier alpha value is -1.84. The summed E-state index contributed by atoms with van der Waals surface area (Å²) in [5.41, 5.74) is 1.21. The van der Waals surface area contributed by atoms with Gasteiger partial charge in [-0.3, -0.25) is 4.79 Å². The highest BCUT2D eigenvalue weighted by Gasteiger charge is 2.07. The average Bonchev–Trinajstić information content (AvgIpc) is 2.48. The number of carbonyl (C=O) groups is 2. The van der Waals surface area contributed by atoms with Crippen molar-refractivity contribution in [2.45, 2.75) is 52.4 Å². The first kappa shape index (κ1) is 17.2. The zero-order valence-electron chi connectivity index (χ0n) is 13.0. The highest BCUT2D eigenvalue weighted by atomic mass is 16.5. The number of benzene rings is 1. The van der Waals surface area contributed by atoms with Gasteiger partial charge in [0.05, 0.1) is 12.2 Å². The lowest BCUT2D eigenvalue weighted by Crippen LogP contribution is -2.11. The van der Waals surface area contributed by atoms with Crippen molar-refractivity contribution in [3.8, 4) is 0 Å². The summed E-state index contributed by atoms with van der Waals surface area (Å²) in [6.45, 7) is 4.57. The first-order valence-electron chi connectivity index (χ1n) is 7.74. The summed E-state index contributed by atoms with van der Waals surface area (Å²) >= 11 is 0. The van der Waals surface area contributed by atoms with Gasteiger partial charge in [-0.1, -0.05) is 33.1 Å². The van der Waals surface area contributed by atoms with Gasteiger partial charge in [-0.25, -0.2) is 4.79 Å². The highest BCUT2D eigenvalue weighted by Crippen LogP contribution is 2.11. The molecule has 4 heteroatoms. The second-order valence-electron chi connectivity index (χ2n) is 5.07. The third kappa shape index (κ3) is 6.93. The lowest BCUT2D eigenvalue weighted by atomic mass is 10.2. The third-order valence-corrected chi connectivity index (χ3v) is 3.11. The van der Waals surface area contributed by atoms with Crippen LogP contribution in [0.2, 0.25) is 0 Å². The molecule has 0 saturated heterocycles. The van der Waals surface area contributed by atoms with Gasteiger partial charge in [0.25, 0.3) is 0 Å². The maximum Gasteiger partial charge on any atom is 0.338 e. The van der Waals surface area contributed by atoms with Crippen LogP contribution in [0.3, 0.4) is 0 Å². The second kappa shape index (κ2) is 9.97. The lowest BCUT2D eigenvalue weighted by molar-refractivity contribution is -0.116. The number of unbranched alkanes of at least 4 members (excludes halogenated alkanes) is 3. The van der Waals surface area contributed by atoms with E-state index in [9.17, 15) is 9.59 Å². The van der Waals surface area contributed by atoms with Crippen molar-refractivity contribution in [3.63, 3.8) is 0 Å². The largest absolute Gasteiger partial charge is 0.462 e. The van der Waals surface area contributed by atoms with Gasteiger partial charge in [0.1, 0.15) is 0 Å². The minimum atomic E-state index is -0.307. The molecule has 21 heavy (non-hydrogen) atoms. The molecule has 0 heterocycles. The molecule has 0 atom stereocenters. The molecule has 1 N–H and O–H groups in total. The molecule has 0 radical (unpaired) electrons. The van der Waals surface area contributed by atoms with E-state index in [1.807, 2.05) is 6.92 Å². The topological polar surface area (TPSA) is 55.4 Å². The number of nitrogens with one attached hydrogen (secondary N) is 1. The number of carbonyl (C=O) groups excluding carboxylic acids is 2. The maximum atomic E-state index is 11.8. The van der Waals surface area contributed by atoms with Crippen LogP contribution in [0.25, 0.3) is 0 Å². The second-order valence-corrected chi connectivity index (χ2v) is 5.07. The van der Waals surface area contributed by atoms with Crippen molar-refractivity contribution in [1.29, 1.82) is 0 Å². The van der Waals surface area contributed by atoms with Gasteiger partial charge in [0, 0.05) is 12.1 Å². The number of ether oxygens (including phenoxy) is 1. The Bertz CT molecular complexity index is 440. The number of rotatable bonds is 9. The zero-order valence-corrected chi connectivity index (χ0v) is 13.0. The Morgan fingerprint density at radius 1 is 1.00 bits per heavy atom. The van der Waals surface area contributed by atoms with Gasteiger partial charge in [-0.2, -0.15) is 0 Å². The molecule has 0 bridgehead atoms.